The maximum absolute atomic E-state index is 14.3. The van der Waals surface area contributed by atoms with E-state index in [1.807, 2.05) is 30.9 Å². The molecule has 0 aliphatic rings. The molecule has 3 nitrogen and oxygen atoms in total. The third-order valence-corrected chi connectivity index (χ3v) is 3.36. The molecule has 0 spiro atoms. The van der Waals surface area contributed by atoms with Gasteiger partial charge >= 0.3 is 0 Å². The first-order chi connectivity index (χ1) is 9.63. The molecule has 0 heterocycles. The quantitative estimate of drug-likeness (QED) is 0.704. The lowest BCUT2D eigenvalue weighted by Gasteiger charge is -2.30. The van der Waals surface area contributed by atoms with Crippen LogP contribution in [0.2, 0.25) is 0 Å². The molecule has 0 saturated heterocycles. The van der Waals surface area contributed by atoms with Gasteiger partial charge in [0.2, 0.25) is 0 Å². The zero-order chi connectivity index (χ0) is 15.0. The molecule has 1 unspecified atom stereocenters. The van der Waals surface area contributed by atoms with Crippen molar-refractivity contribution in [2.24, 2.45) is 0 Å². The van der Waals surface area contributed by atoms with E-state index >= 15 is 0 Å². The Kier molecular flexibility index (Phi) is 7.55. The van der Waals surface area contributed by atoms with Crippen molar-refractivity contribution in [2.45, 2.75) is 39.8 Å². The van der Waals surface area contributed by atoms with Crippen LogP contribution in [0.25, 0.3) is 0 Å². The first-order valence-corrected chi connectivity index (χ1v) is 7.38. The fourth-order valence-electron chi connectivity index (χ4n) is 2.35. The van der Waals surface area contributed by atoms with Crippen molar-refractivity contribution in [1.29, 1.82) is 0 Å². The van der Waals surface area contributed by atoms with E-state index in [2.05, 4.69) is 12.2 Å². The average molecular weight is 282 g/mol. The summed E-state index contributed by atoms with van der Waals surface area (Å²) in [6, 6.07) is 5.64. The SMILES string of the molecule is CCCNCc1ccc(N(CC)C(C)COC)c(F)c1. The Bertz CT molecular complexity index is 398. The van der Waals surface area contributed by atoms with E-state index in [4.69, 9.17) is 4.74 Å². The van der Waals surface area contributed by atoms with Gasteiger partial charge in [0.1, 0.15) is 5.82 Å². The molecule has 20 heavy (non-hydrogen) atoms. The number of hydrogen-bond donors (Lipinski definition) is 1. The first-order valence-electron chi connectivity index (χ1n) is 7.38. The average Bonchev–Trinajstić information content (AvgIpc) is 2.42. The maximum Gasteiger partial charge on any atom is 0.146 e. The number of rotatable bonds is 9. The second kappa shape index (κ2) is 8.93. The van der Waals surface area contributed by atoms with Crippen LogP contribution < -0.4 is 10.2 Å². The second-order valence-electron chi connectivity index (χ2n) is 5.05. The van der Waals surface area contributed by atoms with Gasteiger partial charge in [-0.1, -0.05) is 13.0 Å². The van der Waals surface area contributed by atoms with Crippen LogP contribution in [0.1, 0.15) is 32.8 Å². The van der Waals surface area contributed by atoms with Gasteiger partial charge in [-0.25, -0.2) is 4.39 Å². The highest BCUT2D eigenvalue weighted by molar-refractivity contribution is 5.50. The minimum absolute atomic E-state index is 0.156. The van der Waals surface area contributed by atoms with Crippen molar-refractivity contribution in [1.82, 2.24) is 5.32 Å². The van der Waals surface area contributed by atoms with Gasteiger partial charge < -0.3 is 15.0 Å². The normalized spacial score (nSPS) is 12.4. The molecule has 1 aromatic carbocycles. The Morgan fingerprint density at radius 3 is 2.65 bits per heavy atom. The van der Waals surface area contributed by atoms with Gasteiger partial charge in [0.15, 0.2) is 0 Å². The monoisotopic (exact) mass is 282 g/mol. The second-order valence-corrected chi connectivity index (χ2v) is 5.05. The number of nitrogens with one attached hydrogen (secondary N) is 1. The number of halogens is 1. The highest BCUT2D eigenvalue weighted by Crippen LogP contribution is 2.22. The van der Waals surface area contributed by atoms with Crippen LogP contribution in [0.4, 0.5) is 10.1 Å². The minimum Gasteiger partial charge on any atom is -0.383 e. The molecule has 1 atom stereocenters. The summed E-state index contributed by atoms with van der Waals surface area (Å²) < 4.78 is 19.4. The van der Waals surface area contributed by atoms with E-state index < -0.39 is 0 Å². The molecular formula is C16H27FN2O. The largest absolute Gasteiger partial charge is 0.383 e. The fraction of sp³-hybridized carbons (Fsp3) is 0.625. The fourth-order valence-corrected chi connectivity index (χ4v) is 2.35. The molecule has 0 saturated carbocycles. The molecule has 1 rings (SSSR count). The molecule has 114 valence electrons. The molecule has 0 fully saturated rings. The van der Waals surface area contributed by atoms with Crippen molar-refractivity contribution in [2.75, 3.05) is 31.7 Å². The molecular weight excluding hydrogens is 255 g/mol. The van der Waals surface area contributed by atoms with E-state index in [0.29, 0.717) is 18.8 Å². The van der Waals surface area contributed by atoms with Crippen LogP contribution in [0.15, 0.2) is 18.2 Å². The molecule has 1 aromatic rings. The molecule has 0 radical (unpaired) electrons. The van der Waals surface area contributed by atoms with Crippen molar-refractivity contribution >= 4 is 5.69 Å². The summed E-state index contributed by atoms with van der Waals surface area (Å²) in [5.41, 5.74) is 1.63. The van der Waals surface area contributed by atoms with Gasteiger partial charge in [0, 0.05) is 26.2 Å². The zero-order valence-corrected chi connectivity index (χ0v) is 13.1. The summed E-state index contributed by atoms with van der Waals surface area (Å²) >= 11 is 0. The van der Waals surface area contributed by atoms with Gasteiger partial charge in [-0.3, -0.25) is 0 Å². The number of anilines is 1. The lowest BCUT2D eigenvalue weighted by atomic mass is 10.1. The predicted molar refractivity (Wildman–Crippen MR) is 82.8 cm³/mol. The smallest absolute Gasteiger partial charge is 0.146 e. The summed E-state index contributed by atoms with van der Waals surface area (Å²) in [7, 11) is 1.67. The van der Waals surface area contributed by atoms with Gasteiger partial charge in [-0.15, -0.1) is 0 Å². The van der Waals surface area contributed by atoms with E-state index in [1.165, 1.54) is 0 Å². The Morgan fingerprint density at radius 1 is 1.35 bits per heavy atom. The van der Waals surface area contributed by atoms with E-state index in [9.17, 15) is 4.39 Å². The summed E-state index contributed by atoms with van der Waals surface area (Å²) in [4.78, 5) is 2.03. The highest BCUT2D eigenvalue weighted by atomic mass is 19.1. The lowest BCUT2D eigenvalue weighted by Crippen LogP contribution is -2.36. The highest BCUT2D eigenvalue weighted by Gasteiger charge is 2.16. The van der Waals surface area contributed by atoms with Crippen LogP contribution in [-0.4, -0.2) is 32.8 Å². The van der Waals surface area contributed by atoms with Gasteiger partial charge in [-0.2, -0.15) is 0 Å². The van der Waals surface area contributed by atoms with E-state index in [-0.39, 0.29) is 11.9 Å². The molecule has 0 aliphatic heterocycles. The maximum atomic E-state index is 14.3. The molecule has 0 bridgehead atoms. The van der Waals surface area contributed by atoms with Gasteiger partial charge in [0.05, 0.1) is 12.3 Å². The standard InChI is InChI=1S/C16H27FN2O/c1-5-9-18-11-14-7-8-16(15(17)10-14)19(6-2)13(3)12-20-4/h7-8,10,13,18H,5-6,9,11-12H2,1-4H3. The van der Waals surface area contributed by atoms with Crippen LogP contribution in [-0.2, 0) is 11.3 Å². The number of hydrogen-bond acceptors (Lipinski definition) is 3. The summed E-state index contributed by atoms with van der Waals surface area (Å²) in [5.74, 6) is -0.161. The zero-order valence-electron chi connectivity index (χ0n) is 13.1. The molecule has 1 N–H and O–H groups in total. The Balaban J connectivity index is 2.79. The van der Waals surface area contributed by atoms with Crippen LogP contribution in [0.3, 0.4) is 0 Å². The van der Waals surface area contributed by atoms with Gasteiger partial charge in [-0.05, 0) is 44.5 Å². The summed E-state index contributed by atoms with van der Waals surface area (Å²) in [6.07, 6.45) is 1.08. The van der Waals surface area contributed by atoms with Crippen LogP contribution >= 0.6 is 0 Å². The van der Waals surface area contributed by atoms with E-state index in [1.54, 1.807) is 13.2 Å². The topological polar surface area (TPSA) is 24.5 Å². The number of nitrogens with zero attached hydrogens (tertiary/aromatic N) is 1. The number of likely N-dealkylation sites (N-methyl/N-ethyl adjacent to an activating group) is 1. The first kappa shape index (κ1) is 16.9. The lowest BCUT2D eigenvalue weighted by molar-refractivity contribution is 0.181. The number of benzene rings is 1. The Morgan fingerprint density at radius 2 is 2.10 bits per heavy atom. The molecule has 0 aromatic heterocycles. The molecule has 0 amide bonds. The third kappa shape index (κ3) is 4.76. The summed E-state index contributed by atoms with van der Waals surface area (Å²) in [6.45, 7) is 9.21. The Hall–Kier alpha value is -1.13. The van der Waals surface area contributed by atoms with Crippen LogP contribution in [0.5, 0.6) is 0 Å². The minimum atomic E-state index is -0.161. The van der Waals surface area contributed by atoms with Crippen LogP contribution in [0, 0.1) is 5.82 Å². The van der Waals surface area contributed by atoms with Crippen molar-refractivity contribution in [3.63, 3.8) is 0 Å². The molecule has 4 heteroatoms. The summed E-state index contributed by atoms with van der Waals surface area (Å²) in [5, 5.41) is 3.28. The van der Waals surface area contributed by atoms with Gasteiger partial charge in [0.25, 0.3) is 0 Å². The third-order valence-electron chi connectivity index (χ3n) is 3.36. The van der Waals surface area contributed by atoms with Crippen molar-refractivity contribution < 1.29 is 9.13 Å². The van der Waals surface area contributed by atoms with Crippen molar-refractivity contribution in [3.8, 4) is 0 Å². The number of ether oxygens (including phenoxy) is 1. The number of methoxy groups -OCH3 is 1. The molecule has 0 aliphatic carbocycles. The van der Waals surface area contributed by atoms with E-state index in [0.717, 1.165) is 25.1 Å². The van der Waals surface area contributed by atoms with Crippen molar-refractivity contribution in [3.05, 3.63) is 29.6 Å². The Labute approximate surface area is 122 Å². The predicted octanol–water partition coefficient (Wildman–Crippen LogP) is 3.19.